The van der Waals surface area contributed by atoms with Crippen molar-refractivity contribution >= 4 is 94.4 Å². The Balaban J connectivity index is 1.04. The van der Waals surface area contributed by atoms with Gasteiger partial charge in [0.2, 0.25) is 0 Å². The molecule has 0 aliphatic carbocycles. The van der Waals surface area contributed by atoms with Gasteiger partial charge in [-0.25, -0.2) is 0 Å². The van der Waals surface area contributed by atoms with E-state index < -0.39 is 8.07 Å². The summed E-state index contributed by atoms with van der Waals surface area (Å²) in [6, 6.07) is 89.3. The van der Waals surface area contributed by atoms with E-state index >= 15 is 0 Å². The number of benzene rings is 10. The van der Waals surface area contributed by atoms with Gasteiger partial charge in [0.25, 0.3) is 0 Å². The van der Waals surface area contributed by atoms with Crippen molar-refractivity contribution in [1.82, 2.24) is 9.13 Å². The topological polar surface area (TPSA) is 23.0 Å². The summed E-state index contributed by atoms with van der Waals surface area (Å²) >= 11 is 0. The third kappa shape index (κ3) is 5.39. The van der Waals surface area contributed by atoms with Crippen LogP contribution >= 0.6 is 0 Å². The van der Waals surface area contributed by atoms with Crippen LogP contribution in [-0.2, 0) is 0 Å². The minimum absolute atomic E-state index is 0.899. The van der Waals surface area contributed by atoms with E-state index in [1.54, 1.807) is 0 Å². The van der Waals surface area contributed by atoms with E-state index in [9.17, 15) is 0 Å². The molecule has 0 bridgehead atoms. The second kappa shape index (κ2) is 14.5. The molecule has 13 aromatic rings. The van der Waals surface area contributed by atoms with E-state index in [4.69, 9.17) is 4.42 Å². The number of hydrogen-bond acceptors (Lipinski definition) is 1. The summed E-state index contributed by atoms with van der Waals surface area (Å²) < 4.78 is 11.3. The Morgan fingerprint density at radius 3 is 1.42 bits per heavy atom. The summed E-state index contributed by atoms with van der Waals surface area (Å²) in [6.07, 6.45) is 0. The maximum Gasteiger partial charge on any atom is 0.179 e. The molecule has 4 heteroatoms. The summed E-state index contributed by atoms with van der Waals surface area (Å²) in [5.41, 5.74) is 11.0. The Hall–Kier alpha value is -8.18. The molecule has 0 N–H and O–H groups in total. The number of nitrogens with zero attached hydrogens (tertiary/aromatic N) is 2. The fraction of sp³-hybridized carbons (Fsp3) is 0. The SMILES string of the molecule is c1ccc([Si](c2ccccc2)(c2ccccc2)c2ccc(-n3c4ccccc4c4cccc(-n5c6ccccc6c6ccc(-c7ccc8c(c7)oc7ccccc78)cc65)c43)cc2)cc1. The van der Waals surface area contributed by atoms with Crippen molar-refractivity contribution in [2.45, 2.75) is 0 Å². The van der Waals surface area contributed by atoms with Crippen molar-refractivity contribution in [2.75, 3.05) is 0 Å². The van der Waals surface area contributed by atoms with Gasteiger partial charge in [0, 0.05) is 38.0 Å². The number of para-hydroxylation sites is 4. The second-order valence-corrected chi connectivity index (χ2v) is 20.6. The molecule has 0 spiro atoms. The zero-order valence-electron chi connectivity index (χ0n) is 34.9. The van der Waals surface area contributed by atoms with E-state index in [0.717, 1.165) is 50.0 Å². The molecule has 13 rings (SSSR count). The standard InChI is InChI=1S/C60H40N2OSi/c1-4-17-44(18-5-1)64(45-19-6-2-7-20-45,46-21-8-3-9-22-46)47-35-33-43(34-36-47)61-54-27-13-11-24-49(54)53-26-16-29-56(60(53)61)62-55-28-14-10-23-48(55)50-37-31-41(39-57(50)62)42-32-38-52-51-25-12-15-30-58(51)63-59(52)40-42/h1-40H. The van der Waals surface area contributed by atoms with Gasteiger partial charge >= 0.3 is 0 Å². The molecule has 3 nitrogen and oxygen atoms in total. The second-order valence-electron chi connectivity index (χ2n) is 16.8. The zero-order valence-corrected chi connectivity index (χ0v) is 35.9. The summed E-state index contributed by atoms with van der Waals surface area (Å²) in [4.78, 5) is 0. The first-order valence-corrected chi connectivity index (χ1v) is 24.0. The lowest BCUT2D eigenvalue weighted by atomic mass is 10.0. The minimum atomic E-state index is -2.71. The molecule has 0 saturated heterocycles. The monoisotopic (exact) mass is 832 g/mol. The first-order valence-electron chi connectivity index (χ1n) is 22.0. The first-order chi connectivity index (χ1) is 31.8. The minimum Gasteiger partial charge on any atom is -0.456 e. The van der Waals surface area contributed by atoms with Crippen LogP contribution in [0.2, 0.25) is 0 Å². The third-order valence-electron chi connectivity index (χ3n) is 13.5. The Bertz CT molecular complexity index is 3790. The molecule has 0 fully saturated rings. The van der Waals surface area contributed by atoms with Crippen LogP contribution < -0.4 is 20.7 Å². The average Bonchev–Trinajstić information content (AvgIpc) is 4.03. The van der Waals surface area contributed by atoms with E-state index in [2.05, 4.69) is 240 Å². The van der Waals surface area contributed by atoms with E-state index in [0.29, 0.717) is 0 Å². The molecule has 0 unspecified atom stereocenters. The highest BCUT2D eigenvalue weighted by molar-refractivity contribution is 7.19. The maximum atomic E-state index is 6.36. The maximum absolute atomic E-state index is 6.36. The van der Waals surface area contributed by atoms with Crippen molar-refractivity contribution in [2.24, 2.45) is 0 Å². The van der Waals surface area contributed by atoms with Crippen molar-refractivity contribution in [3.8, 4) is 22.5 Å². The van der Waals surface area contributed by atoms with Crippen molar-refractivity contribution < 1.29 is 4.42 Å². The van der Waals surface area contributed by atoms with Gasteiger partial charge < -0.3 is 13.6 Å². The van der Waals surface area contributed by atoms with Crippen molar-refractivity contribution in [3.63, 3.8) is 0 Å². The van der Waals surface area contributed by atoms with Crippen LogP contribution in [0.25, 0.3) is 88.1 Å². The highest BCUT2D eigenvalue weighted by Crippen LogP contribution is 2.41. The van der Waals surface area contributed by atoms with Gasteiger partial charge in [0.05, 0.1) is 27.8 Å². The van der Waals surface area contributed by atoms with Crippen molar-refractivity contribution in [3.05, 3.63) is 243 Å². The Labute approximate surface area is 371 Å². The van der Waals surface area contributed by atoms with Gasteiger partial charge in [-0.2, -0.15) is 0 Å². The molecule has 3 aromatic heterocycles. The smallest absolute Gasteiger partial charge is 0.179 e. The molecule has 0 saturated carbocycles. The first kappa shape index (κ1) is 36.5. The van der Waals surface area contributed by atoms with Crippen LogP contribution in [0, 0.1) is 0 Å². The molecule has 300 valence electrons. The molecule has 10 aromatic carbocycles. The Morgan fingerprint density at radius 1 is 0.297 bits per heavy atom. The normalized spacial score (nSPS) is 12.1. The molecule has 0 aliphatic heterocycles. The quantitative estimate of drug-likeness (QED) is 0.116. The largest absolute Gasteiger partial charge is 0.456 e. The lowest BCUT2D eigenvalue weighted by Crippen LogP contribution is -2.74. The molecular formula is C60H40N2OSi. The van der Waals surface area contributed by atoms with E-state index in [1.165, 1.54) is 58.8 Å². The Kier molecular flexibility index (Phi) is 8.23. The fourth-order valence-electron chi connectivity index (χ4n) is 10.7. The summed E-state index contributed by atoms with van der Waals surface area (Å²) in [6.45, 7) is 0. The average molecular weight is 833 g/mol. The summed E-state index contributed by atoms with van der Waals surface area (Å²) in [5, 5.41) is 12.6. The van der Waals surface area contributed by atoms with Crippen LogP contribution in [0.5, 0.6) is 0 Å². The Morgan fingerprint density at radius 2 is 0.766 bits per heavy atom. The van der Waals surface area contributed by atoms with Gasteiger partial charge in [-0.1, -0.05) is 188 Å². The van der Waals surface area contributed by atoms with Crippen LogP contribution in [0.3, 0.4) is 0 Å². The summed E-state index contributed by atoms with van der Waals surface area (Å²) in [7, 11) is -2.71. The number of hydrogen-bond donors (Lipinski definition) is 0. The lowest BCUT2D eigenvalue weighted by Gasteiger charge is -2.34. The number of aromatic nitrogens is 2. The number of rotatable bonds is 7. The molecular weight excluding hydrogens is 793 g/mol. The predicted molar refractivity (Wildman–Crippen MR) is 271 cm³/mol. The van der Waals surface area contributed by atoms with Gasteiger partial charge in [-0.15, -0.1) is 0 Å². The summed E-state index contributed by atoms with van der Waals surface area (Å²) in [5.74, 6) is 0. The van der Waals surface area contributed by atoms with Gasteiger partial charge in [0.15, 0.2) is 8.07 Å². The molecule has 0 radical (unpaired) electrons. The fourth-order valence-corrected chi connectivity index (χ4v) is 15.4. The van der Waals surface area contributed by atoms with Gasteiger partial charge in [-0.3, -0.25) is 0 Å². The van der Waals surface area contributed by atoms with E-state index in [-0.39, 0.29) is 0 Å². The van der Waals surface area contributed by atoms with Gasteiger partial charge in [0.1, 0.15) is 11.2 Å². The zero-order chi connectivity index (χ0) is 42.2. The van der Waals surface area contributed by atoms with E-state index in [1.807, 2.05) is 12.1 Å². The van der Waals surface area contributed by atoms with Crippen LogP contribution in [0.1, 0.15) is 0 Å². The third-order valence-corrected chi connectivity index (χ3v) is 18.3. The molecule has 0 atom stereocenters. The molecule has 0 aliphatic rings. The van der Waals surface area contributed by atoms with Gasteiger partial charge in [-0.05, 0) is 86.5 Å². The highest BCUT2D eigenvalue weighted by Gasteiger charge is 2.41. The predicted octanol–water partition coefficient (Wildman–Crippen LogP) is 12.8. The highest BCUT2D eigenvalue weighted by atomic mass is 28.3. The van der Waals surface area contributed by atoms with Crippen LogP contribution in [-0.4, -0.2) is 17.2 Å². The number of furan rings is 1. The van der Waals surface area contributed by atoms with Crippen LogP contribution in [0.4, 0.5) is 0 Å². The van der Waals surface area contributed by atoms with Crippen molar-refractivity contribution in [1.29, 1.82) is 0 Å². The lowest BCUT2D eigenvalue weighted by molar-refractivity contribution is 0.669. The molecule has 0 amide bonds. The molecule has 3 heterocycles. The number of fused-ring (bicyclic) bond motifs is 9. The van der Waals surface area contributed by atoms with Crippen LogP contribution in [0.15, 0.2) is 247 Å². The molecule has 64 heavy (non-hydrogen) atoms.